The zero-order valence-electron chi connectivity index (χ0n) is 9.47. The third-order valence-electron chi connectivity index (χ3n) is 3.61. The molecular formula is C12H25N. The van der Waals surface area contributed by atoms with Crippen molar-refractivity contribution in [2.45, 2.75) is 64.8 Å². The van der Waals surface area contributed by atoms with E-state index in [2.05, 4.69) is 20.8 Å². The van der Waals surface area contributed by atoms with Crippen LogP contribution in [0.4, 0.5) is 0 Å². The van der Waals surface area contributed by atoms with Crippen LogP contribution in [0.3, 0.4) is 0 Å². The van der Waals surface area contributed by atoms with Crippen molar-refractivity contribution in [3.63, 3.8) is 0 Å². The van der Waals surface area contributed by atoms with Gasteiger partial charge in [-0.05, 0) is 38.0 Å². The van der Waals surface area contributed by atoms with Gasteiger partial charge in [-0.3, -0.25) is 0 Å². The second-order valence-electron chi connectivity index (χ2n) is 5.35. The molecule has 0 saturated heterocycles. The lowest BCUT2D eigenvalue weighted by molar-refractivity contribution is 0.224. The van der Waals surface area contributed by atoms with Crippen molar-refractivity contribution in [1.29, 1.82) is 0 Å². The molecule has 0 amide bonds. The lowest BCUT2D eigenvalue weighted by Crippen LogP contribution is -2.38. The SMILES string of the molecule is CCC(C)(N)CC1CCCC(C)C1. The van der Waals surface area contributed by atoms with Gasteiger partial charge in [0.1, 0.15) is 0 Å². The van der Waals surface area contributed by atoms with E-state index in [1.807, 2.05) is 0 Å². The molecule has 0 heterocycles. The van der Waals surface area contributed by atoms with E-state index in [4.69, 9.17) is 5.73 Å². The van der Waals surface area contributed by atoms with Crippen molar-refractivity contribution in [3.05, 3.63) is 0 Å². The average molecular weight is 183 g/mol. The van der Waals surface area contributed by atoms with Crippen molar-refractivity contribution in [2.24, 2.45) is 17.6 Å². The Hall–Kier alpha value is -0.0400. The van der Waals surface area contributed by atoms with Crippen LogP contribution in [0.5, 0.6) is 0 Å². The number of rotatable bonds is 3. The molecule has 1 aliphatic carbocycles. The van der Waals surface area contributed by atoms with E-state index in [9.17, 15) is 0 Å². The predicted molar refractivity (Wildman–Crippen MR) is 58.6 cm³/mol. The van der Waals surface area contributed by atoms with E-state index in [-0.39, 0.29) is 5.54 Å². The molecule has 0 aromatic heterocycles. The topological polar surface area (TPSA) is 26.0 Å². The Kier molecular flexibility index (Phi) is 3.78. The zero-order chi connectivity index (χ0) is 9.90. The normalized spacial score (nSPS) is 34.2. The lowest BCUT2D eigenvalue weighted by Gasteiger charge is -2.33. The van der Waals surface area contributed by atoms with Crippen LogP contribution in [0.2, 0.25) is 0 Å². The number of hydrogen-bond donors (Lipinski definition) is 1. The Bertz CT molecular complexity index is 151. The number of hydrogen-bond acceptors (Lipinski definition) is 1. The van der Waals surface area contributed by atoms with Crippen LogP contribution >= 0.6 is 0 Å². The fourth-order valence-corrected chi connectivity index (χ4v) is 2.55. The Balaban J connectivity index is 2.35. The molecule has 13 heavy (non-hydrogen) atoms. The summed E-state index contributed by atoms with van der Waals surface area (Å²) in [7, 11) is 0. The van der Waals surface area contributed by atoms with Crippen molar-refractivity contribution in [3.8, 4) is 0 Å². The predicted octanol–water partition coefficient (Wildman–Crippen LogP) is 3.33. The molecule has 0 aromatic rings. The maximum Gasteiger partial charge on any atom is 0.0125 e. The molecule has 0 bridgehead atoms. The summed E-state index contributed by atoms with van der Waals surface area (Å²) in [4.78, 5) is 0. The van der Waals surface area contributed by atoms with Crippen molar-refractivity contribution < 1.29 is 0 Å². The van der Waals surface area contributed by atoms with E-state index in [0.717, 1.165) is 18.3 Å². The van der Waals surface area contributed by atoms with E-state index in [1.54, 1.807) is 0 Å². The molecule has 78 valence electrons. The highest BCUT2D eigenvalue weighted by atomic mass is 14.7. The van der Waals surface area contributed by atoms with Crippen LogP contribution in [0, 0.1) is 11.8 Å². The van der Waals surface area contributed by atoms with Gasteiger partial charge in [0.15, 0.2) is 0 Å². The minimum absolute atomic E-state index is 0.0850. The summed E-state index contributed by atoms with van der Waals surface area (Å²) in [5.41, 5.74) is 6.28. The standard InChI is InChI=1S/C12H25N/c1-4-12(3,13)9-11-7-5-6-10(2)8-11/h10-11H,4-9,13H2,1-3H3. The minimum Gasteiger partial charge on any atom is -0.325 e. The first-order chi connectivity index (χ1) is 6.03. The third kappa shape index (κ3) is 3.68. The summed E-state index contributed by atoms with van der Waals surface area (Å²) in [5, 5.41) is 0. The molecule has 1 aliphatic rings. The molecule has 3 atom stereocenters. The van der Waals surface area contributed by atoms with Crippen LogP contribution in [0.15, 0.2) is 0 Å². The third-order valence-corrected chi connectivity index (χ3v) is 3.61. The van der Waals surface area contributed by atoms with Crippen LogP contribution in [0.25, 0.3) is 0 Å². The zero-order valence-corrected chi connectivity index (χ0v) is 9.47. The summed E-state index contributed by atoms with van der Waals surface area (Å²) in [6.07, 6.45) is 8.02. The van der Waals surface area contributed by atoms with Crippen LogP contribution < -0.4 is 5.73 Å². The molecule has 0 radical (unpaired) electrons. The molecule has 3 unspecified atom stereocenters. The van der Waals surface area contributed by atoms with E-state index < -0.39 is 0 Å². The lowest BCUT2D eigenvalue weighted by atomic mass is 9.76. The number of nitrogens with two attached hydrogens (primary N) is 1. The minimum atomic E-state index is 0.0850. The first-order valence-electron chi connectivity index (χ1n) is 5.82. The molecule has 2 N–H and O–H groups in total. The largest absolute Gasteiger partial charge is 0.325 e. The summed E-state index contributed by atoms with van der Waals surface area (Å²) in [6, 6.07) is 0. The van der Waals surface area contributed by atoms with Crippen molar-refractivity contribution in [2.75, 3.05) is 0 Å². The molecule has 1 fully saturated rings. The summed E-state index contributed by atoms with van der Waals surface area (Å²) >= 11 is 0. The monoisotopic (exact) mass is 183 g/mol. The van der Waals surface area contributed by atoms with Crippen molar-refractivity contribution in [1.82, 2.24) is 0 Å². The Morgan fingerprint density at radius 2 is 2.08 bits per heavy atom. The average Bonchev–Trinajstić information content (AvgIpc) is 2.03. The van der Waals surface area contributed by atoms with Gasteiger partial charge < -0.3 is 5.73 Å². The van der Waals surface area contributed by atoms with E-state index >= 15 is 0 Å². The molecule has 1 rings (SSSR count). The fraction of sp³-hybridized carbons (Fsp3) is 1.00. The van der Waals surface area contributed by atoms with Gasteiger partial charge in [0.05, 0.1) is 0 Å². The maximum atomic E-state index is 6.19. The van der Waals surface area contributed by atoms with Crippen LogP contribution in [-0.4, -0.2) is 5.54 Å². The van der Waals surface area contributed by atoms with Gasteiger partial charge in [-0.25, -0.2) is 0 Å². The van der Waals surface area contributed by atoms with Crippen molar-refractivity contribution >= 4 is 0 Å². The second-order valence-corrected chi connectivity index (χ2v) is 5.35. The second kappa shape index (κ2) is 4.45. The molecule has 1 heteroatoms. The van der Waals surface area contributed by atoms with Gasteiger partial charge in [0.25, 0.3) is 0 Å². The quantitative estimate of drug-likeness (QED) is 0.713. The summed E-state index contributed by atoms with van der Waals surface area (Å²) in [6.45, 7) is 6.78. The molecule has 0 aromatic carbocycles. The Labute approximate surface area is 83.1 Å². The van der Waals surface area contributed by atoms with Gasteiger partial charge >= 0.3 is 0 Å². The van der Waals surface area contributed by atoms with Crippen LogP contribution in [-0.2, 0) is 0 Å². The Morgan fingerprint density at radius 1 is 1.38 bits per heavy atom. The Morgan fingerprint density at radius 3 is 2.62 bits per heavy atom. The van der Waals surface area contributed by atoms with Gasteiger partial charge in [-0.2, -0.15) is 0 Å². The molecular weight excluding hydrogens is 158 g/mol. The molecule has 1 saturated carbocycles. The van der Waals surface area contributed by atoms with Gasteiger partial charge in [-0.1, -0.05) is 33.1 Å². The van der Waals surface area contributed by atoms with Crippen LogP contribution in [0.1, 0.15) is 59.3 Å². The fourth-order valence-electron chi connectivity index (χ4n) is 2.55. The molecule has 1 nitrogen and oxygen atoms in total. The highest BCUT2D eigenvalue weighted by Gasteiger charge is 2.25. The smallest absolute Gasteiger partial charge is 0.0125 e. The van der Waals surface area contributed by atoms with Gasteiger partial charge in [-0.15, -0.1) is 0 Å². The maximum absolute atomic E-state index is 6.19. The highest BCUT2D eigenvalue weighted by Crippen LogP contribution is 2.33. The first-order valence-corrected chi connectivity index (χ1v) is 5.82. The first kappa shape index (κ1) is 11.0. The molecule has 0 aliphatic heterocycles. The van der Waals surface area contributed by atoms with E-state index in [0.29, 0.717) is 0 Å². The summed E-state index contributed by atoms with van der Waals surface area (Å²) in [5.74, 6) is 1.84. The van der Waals surface area contributed by atoms with Gasteiger partial charge in [0.2, 0.25) is 0 Å². The highest BCUT2D eigenvalue weighted by molar-refractivity contribution is 4.82. The molecule has 0 spiro atoms. The van der Waals surface area contributed by atoms with E-state index in [1.165, 1.54) is 32.1 Å². The summed E-state index contributed by atoms with van der Waals surface area (Å²) < 4.78 is 0. The van der Waals surface area contributed by atoms with Gasteiger partial charge in [0, 0.05) is 5.54 Å².